The van der Waals surface area contributed by atoms with Crippen molar-refractivity contribution in [3.8, 4) is 9.75 Å². The van der Waals surface area contributed by atoms with E-state index in [9.17, 15) is 0 Å². The van der Waals surface area contributed by atoms with E-state index in [1.54, 1.807) is 41.1 Å². The van der Waals surface area contributed by atoms with Crippen LogP contribution < -0.4 is 0 Å². The Morgan fingerprint density at radius 2 is 0.816 bits per heavy atom. The number of aryl methyl sites for hydroxylation is 4. The standard InChI is InChI=1S/C44H57BrS4/c1-5-9-13-17-21-30-31(22-18-14-10-6-2)42-35(34-25-26-46-41(30)34)27-38(47-42)39-28-36-37-29-40(45)49-44(37)33(24-20-16-12-8-4)32(43(36)48-39)23-19-15-11-7-3/h25-29H,5-24H2,1-4H3. The fourth-order valence-electron chi connectivity index (χ4n) is 7.93. The summed E-state index contributed by atoms with van der Waals surface area (Å²) in [4.78, 5) is 2.95. The summed E-state index contributed by atoms with van der Waals surface area (Å²) in [7, 11) is 0. The Morgan fingerprint density at radius 1 is 0.429 bits per heavy atom. The van der Waals surface area contributed by atoms with Crippen LogP contribution >= 0.6 is 61.3 Å². The molecule has 264 valence electrons. The molecule has 0 saturated carbocycles. The lowest BCUT2D eigenvalue weighted by molar-refractivity contribution is 0.654. The number of hydrogen-bond acceptors (Lipinski definition) is 4. The minimum Gasteiger partial charge on any atom is -0.143 e. The van der Waals surface area contributed by atoms with E-state index in [-0.39, 0.29) is 0 Å². The first kappa shape index (κ1) is 37.5. The van der Waals surface area contributed by atoms with Gasteiger partial charge < -0.3 is 0 Å². The molecule has 0 aliphatic rings. The van der Waals surface area contributed by atoms with Crippen molar-refractivity contribution in [1.82, 2.24) is 0 Å². The van der Waals surface area contributed by atoms with Gasteiger partial charge in [0.1, 0.15) is 0 Å². The third-order valence-electron chi connectivity index (χ3n) is 10.6. The smallest absolute Gasteiger partial charge is 0.0711 e. The summed E-state index contributed by atoms with van der Waals surface area (Å²) < 4.78 is 7.55. The van der Waals surface area contributed by atoms with Gasteiger partial charge in [-0.05, 0) is 119 Å². The van der Waals surface area contributed by atoms with E-state index >= 15 is 0 Å². The summed E-state index contributed by atoms with van der Waals surface area (Å²) in [5, 5.41) is 8.34. The van der Waals surface area contributed by atoms with Gasteiger partial charge >= 0.3 is 0 Å². The topological polar surface area (TPSA) is 0 Å². The van der Waals surface area contributed by atoms with Crippen LogP contribution in [0.4, 0.5) is 0 Å². The van der Waals surface area contributed by atoms with Gasteiger partial charge in [0.05, 0.1) is 3.79 Å². The number of benzene rings is 2. The summed E-state index contributed by atoms with van der Waals surface area (Å²) >= 11 is 12.1. The molecule has 0 saturated heterocycles. The Kier molecular flexibility index (Phi) is 14.2. The molecule has 0 aliphatic heterocycles. The zero-order valence-corrected chi connectivity index (χ0v) is 35.4. The molecule has 5 heteroatoms. The van der Waals surface area contributed by atoms with E-state index in [1.807, 2.05) is 22.7 Å². The maximum absolute atomic E-state index is 3.93. The molecule has 0 bridgehead atoms. The van der Waals surface area contributed by atoms with Crippen LogP contribution in [0.15, 0.2) is 33.4 Å². The molecule has 4 heterocycles. The van der Waals surface area contributed by atoms with Crippen LogP contribution in [0.2, 0.25) is 0 Å². The van der Waals surface area contributed by atoms with Crippen molar-refractivity contribution in [3.05, 3.63) is 55.7 Å². The van der Waals surface area contributed by atoms with E-state index < -0.39 is 0 Å². The quantitative estimate of drug-likeness (QED) is 0.0637. The fourth-order valence-corrected chi connectivity index (χ4v) is 13.3. The summed E-state index contributed by atoms with van der Waals surface area (Å²) in [6, 6.07) is 10.0. The Balaban J connectivity index is 1.48. The van der Waals surface area contributed by atoms with Gasteiger partial charge in [0.25, 0.3) is 0 Å². The third kappa shape index (κ3) is 8.54. The zero-order chi connectivity index (χ0) is 34.2. The summed E-state index contributed by atoms with van der Waals surface area (Å²) in [5.41, 5.74) is 6.71. The molecule has 6 aromatic rings. The Hall–Kier alpha value is -1.24. The molecule has 0 aliphatic carbocycles. The summed E-state index contributed by atoms with van der Waals surface area (Å²) in [5.74, 6) is 0. The largest absolute Gasteiger partial charge is 0.143 e. The van der Waals surface area contributed by atoms with Gasteiger partial charge in [-0.15, -0.1) is 45.3 Å². The predicted molar refractivity (Wildman–Crippen MR) is 232 cm³/mol. The Morgan fingerprint density at radius 3 is 1.27 bits per heavy atom. The molecule has 49 heavy (non-hydrogen) atoms. The van der Waals surface area contributed by atoms with Crippen molar-refractivity contribution < 1.29 is 0 Å². The van der Waals surface area contributed by atoms with Crippen LogP contribution in [0.3, 0.4) is 0 Å². The lowest BCUT2D eigenvalue weighted by Gasteiger charge is -2.13. The molecule has 0 N–H and O–H groups in total. The monoisotopic (exact) mass is 792 g/mol. The van der Waals surface area contributed by atoms with Gasteiger partial charge in [0, 0.05) is 50.1 Å². The van der Waals surface area contributed by atoms with Crippen molar-refractivity contribution in [2.45, 2.75) is 156 Å². The highest BCUT2D eigenvalue weighted by Gasteiger charge is 2.22. The second-order valence-electron chi connectivity index (χ2n) is 14.3. The first-order valence-electron chi connectivity index (χ1n) is 19.7. The highest BCUT2D eigenvalue weighted by atomic mass is 79.9. The average Bonchev–Trinajstić information content (AvgIpc) is 3.91. The highest BCUT2D eigenvalue weighted by Crippen LogP contribution is 2.50. The van der Waals surface area contributed by atoms with Gasteiger partial charge in [0.2, 0.25) is 0 Å². The van der Waals surface area contributed by atoms with Crippen LogP contribution in [-0.4, -0.2) is 0 Å². The lowest BCUT2D eigenvalue weighted by atomic mass is 9.93. The second kappa shape index (κ2) is 18.5. The molecule has 2 aromatic carbocycles. The maximum atomic E-state index is 3.93. The Bertz CT molecular complexity index is 1950. The van der Waals surface area contributed by atoms with Gasteiger partial charge in [-0.3, -0.25) is 0 Å². The lowest BCUT2D eigenvalue weighted by Crippen LogP contribution is -1.97. The molecule has 0 spiro atoms. The number of fused-ring (bicyclic) bond motifs is 6. The van der Waals surface area contributed by atoms with Crippen molar-refractivity contribution in [2.24, 2.45) is 0 Å². The van der Waals surface area contributed by atoms with Crippen LogP contribution in [0, 0.1) is 0 Å². The fraction of sp³-hybridized carbons (Fsp3) is 0.545. The predicted octanol–water partition coefficient (Wildman–Crippen LogP) is 17.5. The number of halogens is 1. The SMILES string of the molecule is CCCCCCc1c(CCCCCC)c2sc(-c3cc4c(s3)c(CCCCCC)c(CCCCCC)c3sc(Br)cc34)cc2c2ccsc12. The van der Waals surface area contributed by atoms with Crippen molar-refractivity contribution in [1.29, 1.82) is 0 Å². The van der Waals surface area contributed by atoms with Crippen LogP contribution in [0.25, 0.3) is 50.1 Å². The molecular formula is C44H57BrS4. The number of rotatable bonds is 21. The molecule has 6 rings (SSSR count). The number of unbranched alkanes of at least 4 members (excludes halogenated alkanes) is 12. The normalized spacial score (nSPS) is 12.2. The van der Waals surface area contributed by atoms with E-state index in [0.717, 1.165) is 0 Å². The van der Waals surface area contributed by atoms with E-state index in [2.05, 4.69) is 95.9 Å². The number of hydrogen-bond donors (Lipinski definition) is 0. The molecule has 0 unspecified atom stereocenters. The van der Waals surface area contributed by atoms with Crippen molar-refractivity contribution in [2.75, 3.05) is 0 Å². The minimum atomic E-state index is 1.22. The van der Waals surface area contributed by atoms with Crippen LogP contribution in [-0.2, 0) is 25.7 Å². The number of thiophene rings is 4. The highest BCUT2D eigenvalue weighted by molar-refractivity contribution is 9.11. The van der Waals surface area contributed by atoms with Crippen LogP contribution in [0.1, 0.15) is 153 Å². The first-order chi connectivity index (χ1) is 24.1. The molecule has 0 radical (unpaired) electrons. The third-order valence-corrected chi connectivity index (χ3v) is 15.9. The van der Waals surface area contributed by atoms with Crippen molar-refractivity contribution >= 4 is 102 Å². The molecule has 0 nitrogen and oxygen atoms in total. The molecule has 0 amide bonds. The van der Waals surface area contributed by atoms with E-state index in [0.29, 0.717) is 0 Å². The van der Waals surface area contributed by atoms with E-state index in [4.69, 9.17) is 0 Å². The maximum Gasteiger partial charge on any atom is 0.0711 e. The molecule has 4 aromatic heterocycles. The van der Waals surface area contributed by atoms with Gasteiger partial charge in [0.15, 0.2) is 0 Å². The molecule has 0 atom stereocenters. The van der Waals surface area contributed by atoms with Gasteiger partial charge in [-0.25, -0.2) is 0 Å². The second-order valence-corrected chi connectivity index (χ2v) is 19.8. The average molecular weight is 794 g/mol. The summed E-state index contributed by atoms with van der Waals surface area (Å²) in [6.45, 7) is 9.32. The van der Waals surface area contributed by atoms with Crippen LogP contribution in [0.5, 0.6) is 0 Å². The van der Waals surface area contributed by atoms with E-state index in [1.165, 1.54) is 164 Å². The first-order valence-corrected chi connectivity index (χ1v) is 23.8. The van der Waals surface area contributed by atoms with Gasteiger partial charge in [-0.1, -0.05) is 105 Å². The molecular weight excluding hydrogens is 737 g/mol. The zero-order valence-electron chi connectivity index (χ0n) is 30.5. The summed E-state index contributed by atoms with van der Waals surface area (Å²) in [6.07, 6.45) is 26.1. The molecule has 0 fully saturated rings. The van der Waals surface area contributed by atoms with Crippen molar-refractivity contribution in [3.63, 3.8) is 0 Å². The minimum absolute atomic E-state index is 1.22. The Labute approximate surface area is 320 Å². The van der Waals surface area contributed by atoms with Gasteiger partial charge in [-0.2, -0.15) is 0 Å².